The summed E-state index contributed by atoms with van der Waals surface area (Å²) in [6.07, 6.45) is 2.78. The molecule has 1 aliphatic rings. The summed E-state index contributed by atoms with van der Waals surface area (Å²) in [6.45, 7) is 3.77. The van der Waals surface area contributed by atoms with Crippen molar-refractivity contribution in [2.24, 2.45) is 0 Å². The molecule has 1 heterocycles. The number of nitrogens with one attached hydrogen (secondary N) is 1. The van der Waals surface area contributed by atoms with E-state index in [9.17, 15) is 9.11 Å². The third-order valence-electron chi connectivity index (χ3n) is 4.22. The predicted molar refractivity (Wildman–Crippen MR) is 112 cm³/mol. The van der Waals surface area contributed by atoms with Gasteiger partial charge in [0, 0.05) is 13.0 Å². The van der Waals surface area contributed by atoms with E-state index in [0.29, 0.717) is 24.4 Å². The molecule has 1 atom stereocenters. The molecular weight excluding hydrogens is 372 g/mol. The van der Waals surface area contributed by atoms with Crippen LogP contribution in [0.1, 0.15) is 26.2 Å². The zero-order valence-corrected chi connectivity index (χ0v) is 16.5. The molecule has 0 amide bonds. The summed E-state index contributed by atoms with van der Waals surface area (Å²) < 4.78 is 29.6. The van der Waals surface area contributed by atoms with Crippen LogP contribution in [0.15, 0.2) is 54.6 Å². The molecule has 0 bridgehead atoms. The van der Waals surface area contributed by atoms with Gasteiger partial charge in [-0.15, -0.1) is 12.4 Å². The first-order valence-electron chi connectivity index (χ1n) is 8.73. The molecule has 144 valence electrons. The lowest BCUT2D eigenvalue weighted by molar-refractivity contribution is 0.237. The largest absolute Gasteiger partial charge is 0.466 e. The SMILES string of the molecule is CCCCNCCC1Oc2ccccc2N(c2ccccc2)S1(O)O.Cl. The van der Waals surface area contributed by atoms with E-state index < -0.39 is 16.2 Å². The second-order valence-electron chi connectivity index (χ2n) is 6.10. The van der Waals surface area contributed by atoms with Gasteiger partial charge in [0.15, 0.2) is 0 Å². The van der Waals surface area contributed by atoms with Gasteiger partial charge < -0.3 is 10.1 Å². The molecule has 7 heteroatoms. The number of halogens is 1. The second-order valence-corrected chi connectivity index (χ2v) is 8.11. The average Bonchev–Trinajstić information content (AvgIpc) is 2.62. The van der Waals surface area contributed by atoms with Gasteiger partial charge in [0.25, 0.3) is 0 Å². The van der Waals surface area contributed by atoms with Crippen molar-refractivity contribution in [2.75, 3.05) is 17.4 Å². The average molecular weight is 399 g/mol. The van der Waals surface area contributed by atoms with Gasteiger partial charge in [0.1, 0.15) is 11.4 Å². The number of unbranched alkanes of at least 4 members (excludes halogenated alkanes) is 1. The molecule has 2 aromatic carbocycles. The molecule has 0 spiro atoms. The maximum Gasteiger partial charge on any atom is 0.207 e. The lowest BCUT2D eigenvalue weighted by Gasteiger charge is -2.51. The standard InChI is InChI=1S/C19H26N2O3S.ClH/c1-2-3-14-20-15-13-19-24-18-12-8-7-11-17(18)21(25(19,22)23)16-9-5-4-6-10-16;/h4-12,19-20,22-23H,2-3,13-15H2,1H3;1H. The first-order chi connectivity index (χ1) is 12.1. The number of fused-ring (bicyclic) bond motifs is 1. The van der Waals surface area contributed by atoms with Crippen LogP contribution in [0.2, 0.25) is 0 Å². The number of nitrogens with zero attached hydrogens (tertiary/aromatic N) is 1. The molecule has 3 N–H and O–H groups in total. The minimum atomic E-state index is -3.15. The van der Waals surface area contributed by atoms with Gasteiger partial charge in [0.05, 0.1) is 5.69 Å². The number of ether oxygens (including phenoxy) is 1. The summed E-state index contributed by atoms with van der Waals surface area (Å²) in [4.78, 5) is 0. The fourth-order valence-electron chi connectivity index (χ4n) is 2.91. The Morgan fingerprint density at radius 2 is 1.73 bits per heavy atom. The number of anilines is 2. The summed E-state index contributed by atoms with van der Waals surface area (Å²) in [5.41, 5.74) is 0.766. The number of para-hydroxylation sites is 3. The highest BCUT2D eigenvalue weighted by Gasteiger charge is 2.40. The lowest BCUT2D eigenvalue weighted by Crippen LogP contribution is -2.40. The van der Waals surface area contributed by atoms with Gasteiger partial charge in [-0.3, -0.25) is 9.11 Å². The fourth-order valence-corrected chi connectivity index (χ4v) is 4.69. The lowest BCUT2D eigenvalue weighted by atomic mass is 10.2. The van der Waals surface area contributed by atoms with E-state index in [0.717, 1.165) is 25.1 Å². The Hall–Kier alpha value is -1.44. The highest BCUT2D eigenvalue weighted by atomic mass is 35.5. The van der Waals surface area contributed by atoms with Gasteiger partial charge in [-0.1, -0.05) is 54.5 Å². The van der Waals surface area contributed by atoms with E-state index >= 15 is 0 Å². The van der Waals surface area contributed by atoms with Crippen LogP contribution >= 0.6 is 23.2 Å². The van der Waals surface area contributed by atoms with Gasteiger partial charge in [0.2, 0.25) is 5.44 Å². The van der Waals surface area contributed by atoms with Crippen LogP contribution in [0.4, 0.5) is 11.4 Å². The normalized spacial score (nSPS) is 19.0. The Labute approximate surface area is 163 Å². The van der Waals surface area contributed by atoms with Crippen LogP contribution in [-0.2, 0) is 0 Å². The predicted octanol–water partition coefficient (Wildman–Crippen LogP) is 5.41. The monoisotopic (exact) mass is 398 g/mol. The molecular formula is C19H27ClN2O3S. The summed E-state index contributed by atoms with van der Waals surface area (Å²) in [5.74, 6) is 0.677. The van der Waals surface area contributed by atoms with Crippen LogP contribution in [0.25, 0.3) is 0 Å². The van der Waals surface area contributed by atoms with Crippen molar-refractivity contribution < 1.29 is 13.8 Å². The van der Waals surface area contributed by atoms with Gasteiger partial charge in [-0.2, -0.15) is 0 Å². The maximum atomic E-state index is 11.0. The number of hydrogen-bond acceptors (Lipinski definition) is 5. The Bertz CT molecular complexity index is 687. The van der Waals surface area contributed by atoms with Crippen molar-refractivity contribution in [3.63, 3.8) is 0 Å². The third-order valence-corrected chi connectivity index (χ3v) is 6.20. The molecule has 5 nitrogen and oxygen atoms in total. The number of rotatable bonds is 7. The van der Waals surface area contributed by atoms with Crippen LogP contribution in [0.5, 0.6) is 5.75 Å². The quantitative estimate of drug-likeness (QED) is 0.544. The Morgan fingerprint density at radius 1 is 1.04 bits per heavy atom. The van der Waals surface area contributed by atoms with Crippen LogP contribution < -0.4 is 14.4 Å². The van der Waals surface area contributed by atoms with E-state index in [4.69, 9.17) is 4.74 Å². The molecule has 1 aliphatic heterocycles. The maximum absolute atomic E-state index is 11.0. The summed E-state index contributed by atoms with van der Waals surface area (Å²) in [6, 6.07) is 17.0. The molecule has 2 aromatic rings. The molecule has 0 fully saturated rings. The van der Waals surface area contributed by atoms with Gasteiger partial charge >= 0.3 is 0 Å². The first kappa shape index (κ1) is 20.9. The highest BCUT2D eigenvalue weighted by Crippen LogP contribution is 2.61. The van der Waals surface area contributed by atoms with Crippen molar-refractivity contribution in [3.05, 3.63) is 54.6 Å². The molecule has 0 radical (unpaired) electrons. The highest BCUT2D eigenvalue weighted by molar-refractivity contribution is 8.26. The Kier molecular flexibility index (Phi) is 7.61. The zero-order chi connectivity index (χ0) is 17.7. The second kappa shape index (κ2) is 9.48. The van der Waals surface area contributed by atoms with Crippen molar-refractivity contribution in [1.29, 1.82) is 0 Å². The summed E-state index contributed by atoms with van der Waals surface area (Å²) in [5, 5.41) is 3.34. The van der Waals surface area contributed by atoms with E-state index in [1.165, 1.54) is 0 Å². The van der Waals surface area contributed by atoms with E-state index in [2.05, 4.69) is 12.2 Å². The minimum absolute atomic E-state index is 0. The topological polar surface area (TPSA) is 65.0 Å². The van der Waals surface area contributed by atoms with Gasteiger partial charge in [-0.25, -0.2) is 4.31 Å². The molecule has 26 heavy (non-hydrogen) atoms. The van der Waals surface area contributed by atoms with E-state index in [-0.39, 0.29) is 12.4 Å². The van der Waals surface area contributed by atoms with Crippen LogP contribution in [0.3, 0.4) is 0 Å². The van der Waals surface area contributed by atoms with E-state index in [1.807, 2.05) is 54.6 Å². The number of hydrogen-bond donors (Lipinski definition) is 3. The smallest absolute Gasteiger partial charge is 0.207 e. The molecule has 0 aliphatic carbocycles. The zero-order valence-electron chi connectivity index (χ0n) is 14.9. The van der Waals surface area contributed by atoms with Crippen molar-refractivity contribution in [1.82, 2.24) is 5.32 Å². The fraction of sp³-hybridized carbons (Fsp3) is 0.368. The molecule has 0 aromatic heterocycles. The van der Waals surface area contributed by atoms with Crippen LogP contribution in [0, 0.1) is 0 Å². The third kappa shape index (κ3) is 4.45. The summed E-state index contributed by atoms with van der Waals surface area (Å²) >= 11 is 0. The van der Waals surface area contributed by atoms with Crippen molar-refractivity contribution in [3.8, 4) is 5.75 Å². The molecule has 1 unspecified atom stereocenters. The van der Waals surface area contributed by atoms with Crippen molar-refractivity contribution in [2.45, 2.75) is 31.6 Å². The summed E-state index contributed by atoms with van der Waals surface area (Å²) in [7, 11) is -3.15. The Morgan fingerprint density at radius 3 is 2.46 bits per heavy atom. The first-order valence-corrected chi connectivity index (χ1v) is 10.3. The van der Waals surface area contributed by atoms with Crippen molar-refractivity contribution >= 4 is 34.6 Å². The molecule has 3 rings (SSSR count). The minimum Gasteiger partial charge on any atom is -0.466 e. The molecule has 0 saturated heterocycles. The van der Waals surface area contributed by atoms with Gasteiger partial charge in [-0.05, 0) is 37.2 Å². The number of benzene rings is 2. The van der Waals surface area contributed by atoms with E-state index in [1.54, 1.807) is 4.31 Å². The Balaban J connectivity index is 0.00000243. The molecule has 0 saturated carbocycles. The van der Waals surface area contributed by atoms with Crippen LogP contribution in [-0.4, -0.2) is 27.6 Å².